The molecule has 0 fully saturated rings. The Hall–Kier alpha value is -3.16. The van der Waals surface area contributed by atoms with Crippen molar-refractivity contribution in [1.82, 2.24) is 4.72 Å². The van der Waals surface area contributed by atoms with Gasteiger partial charge in [-0.25, -0.2) is 13.1 Å². The third-order valence-corrected chi connectivity index (χ3v) is 5.74. The minimum Gasteiger partial charge on any atom is -0.457 e. The summed E-state index contributed by atoms with van der Waals surface area (Å²) in [6, 6.07) is 22.1. The number of nitrogens with one attached hydrogen (secondary N) is 2. The molecule has 0 aromatic heterocycles. The van der Waals surface area contributed by atoms with Crippen LogP contribution >= 0.6 is 0 Å². The zero-order chi connectivity index (χ0) is 21.8. The minimum absolute atomic E-state index is 0.128. The van der Waals surface area contributed by atoms with Gasteiger partial charge in [0.1, 0.15) is 11.5 Å². The van der Waals surface area contributed by atoms with Crippen LogP contribution in [0.4, 0.5) is 5.69 Å². The van der Waals surface area contributed by atoms with Crippen LogP contribution in [0, 0.1) is 0 Å². The second-order valence-electron chi connectivity index (χ2n) is 7.75. The lowest BCUT2D eigenvalue weighted by Gasteiger charge is -2.20. The van der Waals surface area contributed by atoms with Crippen LogP contribution in [0.1, 0.15) is 31.1 Å². The maximum atomic E-state index is 12.8. The van der Waals surface area contributed by atoms with E-state index in [0.717, 1.165) is 0 Å². The molecule has 30 heavy (non-hydrogen) atoms. The van der Waals surface area contributed by atoms with Crippen molar-refractivity contribution in [3.05, 3.63) is 84.4 Å². The number of hydrogen-bond donors (Lipinski definition) is 2. The van der Waals surface area contributed by atoms with Gasteiger partial charge in [0, 0.05) is 11.2 Å². The second-order valence-corrected chi connectivity index (χ2v) is 9.43. The molecular weight excluding hydrogens is 400 g/mol. The van der Waals surface area contributed by atoms with Crippen LogP contribution in [0.2, 0.25) is 0 Å². The molecule has 0 saturated carbocycles. The number of sulfonamides is 1. The molecule has 3 aromatic rings. The van der Waals surface area contributed by atoms with Gasteiger partial charge in [0.2, 0.25) is 10.0 Å². The fourth-order valence-electron chi connectivity index (χ4n) is 2.74. The summed E-state index contributed by atoms with van der Waals surface area (Å²) in [4.78, 5) is 12.9. The smallest absolute Gasteiger partial charge is 0.259 e. The third-order valence-electron chi connectivity index (χ3n) is 3.97. The number of ether oxygens (including phenoxy) is 1. The normalized spacial score (nSPS) is 11.7. The molecular formula is C23H24N2O4S. The van der Waals surface area contributed by atoms with E-state index in [-0.39, 0.29) is 10.8 Å². The first kappa shape index (κ1) is 21.5. The lowest BCUT2D eigenvalue weighted by atomic mass is 10.1. The SMILES string of the molecule is CC(C)(C)NS(=O)(=O)c1ccc(NC(=O)c2ccccc2Oc2ccccc2)cc1. The van der Waals surface area contributed by atoms with Crippen LogP contribution in [-0.2, 0) is 10.0 Å². The van der Waals surface area contributed by atoms with Gasteiger partial charge in [-0.1, -0.05) is 30.3 Å². The van der Waals surface area contributed by atoms with Crippen LogP contribution in [0.25, 0.3) is 0 Å². The maximum Gasteiger partial charge on any atom is 0.259 e. The Morgan fingerprint density at radius 3 is 2.07 bits per heavy atom. The Morgan fingerprint density at radius 2 is 1.43 bits per heavy atom. The highest BCUT2D eigenvalue weighted by molar-refractivity contribution is 7.89. The summed E-state index contributed by atoms with van der Waals surface area (Å²) in [6.07, 6.45) is 0. The van der Waals surface area contributed by atoms with Gasteiger partial charge in [-0.05, 0) is 69.3 Å². The first-order chi connectivity index (χ1) is 14.1. The van der Waals surface area contributed by atoms with Crippen molar-refractivity contribution in [2.24, 2.45) is 0 Å². The molecule has 7 heteroatoms. The van der Waals surface area contributed by atoms with Gasteiger partial charge in [-0.2, -0.15) is 0 Å². The highest BCUT2D eigenvalue weighted by Crippen LogP contribution is 2.26. The first-order valence-electron chi connectivity index (χ1n) is 9.41. The Morgan fingerprint density at radius 1 is 0.833 bits per heavy atom. The largest absolute Gasteiger partial charge is 0.457 e. The topological polar surface area (TPSA) is 84.5 Å². The standard InChI is InChI=1S/C23H24N2O4S/c1-23(2,3)25-30(27,28)19-15-13-17(14-16-19)24-22(26)20-11-7-8-12-21(20)29-18-9-5-4-6-10-18/h4-16,25H,1-3H3,(H,24,26). The van der Waals surface area contributed by atoms with E-state index in [2.05, 4.69) is 10.0 Å². The molecule has 0 aliphatic heterocycles. The molecule has 1 amide bonds. The maximum absolute atomic E-state index is 12.8. The van der Waals surface area contributed by atoms with Gasteiger partial charge in [0.25, 0.3) is 5.91 Å². The van der Waals surface area contributed by atoms with Crippen molar-refractivity contribution in [3.63, 3.8) is 0 Å². The van der Waals surface area contributed by atoms with Crippen molar-refractivity contribution in [2.45, 2.75) is 31.2 Å². The summed E-state index contributed by atoms with van der Waals surface area (Å²) in [5.41, 5.74) is 0.255. The quantitative estimate of drug-likeness (QED) is 0.595. The first-order valence-corrected chi connectivity index (χ1v) is 10.9. The van der Waals surface area contributed by atoms with Gasteiger partial charge >= 0.3 is 0 Å². The highest BCUT2D eigenvalue weighted by Gasteiger charge is 2.22. The number of benzene rings is 3. The van der Waals surface area contributed by atoms with Gasteiger partial charge in [0.05, 0.1) is 10.5 Å². The molecule has 6 nitrogen and oxygen atoms in total. The van der Waals surface area contributed by atoms with E-state index >= 15 is 0 Å². The molecule has 0 bridgehead atoms. The predicted octanol–water partition coefficient (Wildman–Crippen LogP) is 4.81. The number of rotatable bonds is 6. The summed E-state index contributed by atoms with van der Waals surface area (Å²) in [5.74, 6) is 0.693. The number of carbonyl (C=O) groups is 1. The summed E-state index contributed by atoms with van der Waals surface area (Å²) in [7, 11) is -3.64. The highest BCUT2D eigenvalue weighted by atomic mass is 32.2. The van der Waals surface area contributed by atoms with Gasteiger partial charge < -0.3 is 10.1 Å². The van der Waals surface area contributed by atoms with E-state index in [4.69, 9.17) is 4.74 Å². The number of anilines is 1. The summed E-state index contributed by atoms with van der Waals surface area (Å²) >= 11 is 0. The van der Waals surface area contributed by atoms with Crippen molar-refractivity contribution in [2.75, 3.05) is 5.32 Å². The van der Waals surface area contributed by atoms with Crippen LogP contribution in [0.15, 0.2) is 83.8 Å². The number of carbonyl (C=O) groups excluding carboxylic acids is 1. The number of amides is 1. The van der Waals surface area contributed by atoms with E-state index < -0.39 is 15.6 Å². The molecule has 156 valence electrons. The van der Waals surface area contributed by atoms with E-state index in [1.54, 1.807) is 69.3 Å². The summed E-state index contributed by atoms with van der Waals surface area (Å²) in [5, 5.41) is 2.78. The average molecular weight is 425 g/mol. The van der Waals surface area contributed by atoms with Gasteiger partial charge in [0.15, 0.2) is 0 Å². The number of hydrogen-bond acceptors (Lipinski definition) is 4. The zero-order valence-corrected chi connectivity index (χ0v) is 17.9. The van der Waals surface area contributed by atoms with Crippen LogP contribution in [0.5, 0.6) is 11.5 Å². The van der Waals surface area contributed by atoms with Crippen LogP contribution in [0.3, 0.4) is 0 Å². The fourth-order valence-corrected chi connectivity index (χ4v) is 4.16. The molecule has 0 aliphatic rings. The molecule has 0 unspecified atom stereocenters. The lowest BCUT2D eigenvalue weighted by Crippen LogP contribution is -2.40. The Labute approximate surface area is 177 Å². The molecule has 3 rings (SSSR count). The molecule has 2 N–H and O–H groups in total. The molecule has 0 radical (unpaired) electrons. The van der Waals surface area contributed by atoms with Crippen molar-refractivity contribution >= 4 is 21.6 Å². The lowest BCUT2D eigenvalue weighted by molar-refractivity contribution is 0.102. The van der Waals surface area contributed by atoms with Crippen molar-refractivity contribution in [3.8, 4) is 11.5 Å². The van der Waals surface area contributed by atoms with Gasteiger partial charge in [-0.15, -0.1) is 0 Å². The second kappa shape index (κ2) is 8.69. The molecule has 0 saturated heterocycles. The predicted molar refractivity (Wildman–Crippen MR) is 117 cm³/mol. The fraction of sp³-hybridized carbons (Fsp3) is 0.174. The van der Waals surface area contributed by atoms with Crippen LogP contribution < -0.4 is 14.8 Å². The minimum atomic E-state index is -3.64. The Bertz CT molecular complexity index is 1120. The molecule has 0 heterocycles. The summed E-state index contributed by atoms with van der Waals surface area (Å²) in [6.45, 7) is 5.32. The third kappa shape index (κ3) is 5.68. The van der Waals surface area contributed by atoms with Gasteiger partial charge in [-0.3, -0.25) is 4.79 Å². The molecule has 0 spiro atoms. The van der Waals surface area contributed by atoms with E-state index in [9.17, 15) is 13.2 Å². The van der Waals surface area contributed by atoms with E-state index in [1.807, 2.05) is 18.2 Å². The Kier molecular flexibility index (Phi) is 6.24. The van der Waals surface area contributed by atoms with E-state index in [1.165, 1.54) is 12.1 Å². The number of para-hydroxylation sites is 2. The van der Waals surface area contributed by atoms with E-state index in [0.29, 0.717) is 22.7 Å². The van der Waals surface area contributed by atoms with Crippen molar-refractivity contribution < 1.29 is 17.9 Å². The van der Waals surface area contributed by atoms with Crippen LogP contribution in [-0.4, -0.2) is 19.9 Å². The average Bonchev–Trinajstić information content (AvgIpc) is 2.68. The van der Waals surface area contributed by atoms with Crippen molar-refractivity contribution in [1.29, 1.82) is 0 Å². The summed E-state index contributed by atoms with van der Waals surface area (Å²) < 4.78 is 33.2. The molecule has 0 aliphatic carbocycles. The Balaban J connectivity index is 1.76. The molecule has 0 atom stereocenters. The monoisotopic (exact) mass is 424 g/mol. The zero-order valence-electron chi connectivity index (χ0n) is 17.0. The molecule has 3 aromatic carbocycles.